The van der Waals surface area contributed by atoms with Gasteiger partial charge in [0.15, 0.2) is 0 Å². The third-order valence-corrected chi connectivity index (χ3v) is 6.78. The van der Waals surface area contributed by atoms with Crippen LogP contribution in [-0.4, -0.2) is 38.5 Å². The number of pyridine rings is 1. The molecule has 2 unspecified atom stereocenters. The molecule has 1 aliphatic carbocycles. The number of hydrogen-bond acceptors (Lipinski definition) is 4. The summed E-state index contributed by atoms with van der Waals surface area (Å²) in [4.78, 5) is 29.0. The highest BCUT2D eigenvalue weighted by Gasteiger charge is 2.27. The van der Waals surface area contributed by atoms with Gasteiger partial charge in [-0.05, 0) is 49.1 Å². The van der Waals surface area contributed by atoms with Gasteiger partial charge in [0, 0.05) is 23.4 Å². The fourth-order valence-corrected chi connectivity index (χ4v) is 4.54. The van der Waals surface area contributed by atoms with E-state index in [1.807, 2.05) is 6.92 Å². The normalized spacial score (nSPS) is 16.1. The van der Waals surface area contributed by atoms with Crippen molar-refractivity contribution in [2.45, 2.75) is 64.5 Å². The number of imidazole rings is 1. The van der Waals surface area contributed by atoms with E-state index >= 15 is 0 Å². The first-order valence-corrected chi connectivity index (χ1v) is 12.1. The molecule has 2 aromatic heterocycles. The number of halogens is 2. The number of aromatic nitrogens is 2. The Balaban J connectivity index is 1.74. The number of nitrogens with one attached hydrogen (secondary N) is 2. The molecule has 3 aromatic rings. The highest BCUT2D eigenvalue weighted by Crippen LogP contribution is 2.33. The number of benzene rings is 1. The predicted octanol–water partition coefficient (Wildman–Crippen LogP) is 5.25. The van der Waals surface area contributed by atoms with Crippen molar-refractivity contribution in [3.63, 3.8) is 0 Å². The monoisotopic (exact) mass is 484 g/mol. The zero-order valence-corrected chi connectivity index (χ0v) is 19.9. The van der Waals surface area contributed by atoms with Crippen LogP contribution in [0.4, 0.5) is 14.6 Å². The molecule has 0 spiro atoms. The van der Waals surface area contributed by atoms with Crippen molar-refractivity contribution < 1.29 is 23.5 Å². The molecule has 1 fully saturated rings. The molecular weight excluding hydrogens is 454 g/mol. The molecular formula is C26H30F2N4O3. The van der Waals surface area contributed by atoms with Crippen LogP contribution >= 0.6 is 0 Å². The molecule has 0 radical (unpaired) electrons. The third-order valence-electron chi connectivity index (χ3n) is 6.78. The minimum atomic E-state index is -1.10. The minimum Gasteiger partial charge on any atom is -0.480 e. The molecule has 0 aliphatic heterocycles. The standard InChI is InChI=1S/C26H30F2N4O3/c1-3-15(2)22(26(34)35)31-25(33)16-11-12-32-21(13-16)30-23(19-14-17(27)9-10-20(19)28)24(32)29-18-7-5-4-6-8-18/h9-15,18,22,29H,3-8H2,1-2H3,(H,31,33)(H,34,35). The van der Waals surface area contributed by atoms with Crippen LogP contribution in [0, 0.1) is 17.6 Å². The lowest BCUT2D eigenvalue weighted by Gasteiger charge is -2.24. The Labute approximate surface area is 202 Å². The average molecular weight is 485 g/mol. The lowest BCUT2D eigenvalue weighted by Crippen LogP contribution is -2.45. The molecule has 1 saturated carbocycles. The lowest BCUT2D eigenvalue weighted by atomic mass is 9.95. The van der Waals surface area contributed by atoms with Crippen LogP contribution < -0.4 is 10.6 Å². The Hall–Kier alpha value is -3.49. The number of nitrogens with zero attached hydrogens (tertiary/aromatic N) is 2. The van der Waals surface area contributed by atoms with Crippen molar-refractivity contribution in [3.05, 3.63) is 53.7 Å². The van der Waals surface area contributed by atoms with Crippen molar-refractivity contribution in [2.24, 2.45) is 5.92 Å². The van der Waals surface area contributed by atoms with Crippen LogP contribution in [0.25, 0.3) is 16.9 Å². The van der Waals surface area contributed by atoms with Gasteiger partial charge in [0.1, 0.15) is 34.8 Å². The number of fused-ring (bicyclic) bond motifs is 1. The minimum absolute atomic E-state index is 0.0284. The zero-order valence-electron chi connectivity index (χ0n) is 19.9. The van der Waals surface area contributed by atoms with Gasteiger partial charge in [-0.2, -0.15) is 0 Å². The van der Waals surface area contributed by atoms with Gasteiger partial charge in [-0.25, -0.2) is 18.6 Å². The molecule has 1 aliphatic rings. The second kappa shape index (κ2) is 10.4. The van der Waals surface area contributed by atoms with Gasteiger partial charge < -0.3 is 15.7 Å². The molecule has 4 rings (SSSR count). The van der Waals surface area contributed by atoms with Gasteiger partial charge >= 0.3 is 5.97 Å². The van der Waals surface area contributed by atoms with Crippen LogP contribution in [0.15, 0.2) is 36.5 Å². The molecule has 3 N–H and O–H groups in total. The van der Waals surface area contributed by atoms with E-state index in [4.69, 9.17) is 0 Å². The summed E-state index contributed by atoms with van der Waals surface area (Å²) in [5.41, 5.74) is 0.881. The summed E-state index contributed by atoms with van der Waals surface area (Å²) in [6.07, 6.45) is 7.50. The number of amides is 1. The Morgan fingerprint density at radius 2 is 1.91 bits per heavy atom. The van der Waals surface area contributed by atoms with E-state index in [1.54, 1.807) is 23.6 Å². The van der Waals surface area contributed by atoms with E-state index in [0.29, 0.717) is 17.9 Å². The fraction of sp³-hybridized carbons (Fsp3) is 0.423. The molecule has 2 heterocycles. The number of carbonyl (C=O) groups is 2. The summed E-state index contributed by atoms with van der Waals surface area (Å²) in [6, 6.07) is 5.48. The zero-order chi connectivity index (χ0) is 25.1. The second-order valence-corrected chi connectivity index (χ2v) is 9.23. The molecule has 9 heteroatoms. The Morgan fingerprint density at radius 3 is 2.60 bits per heavy atom. The van der Waals surface area contributed by atoms with Crippen LogP contribution in [0.5, 0.6) is 0 Å². The molecule has 1 aromatic carbocycles. The predicted molar refractivity (Wildman–Crippen MR) is 129 cm³/mol. The van der Waals surface area contributed by atoms with Gasteiger partial charge in [0.05, 0.1) is 0 Å². The molecule has 0 bridgehead atoms. The second-order valence-electron chi connectivity index (χ2n) is 9.23. The van der Waals surface area contributed by atoms with E-state index < -0.39 is 29.6 Å². The highest BCUT2D eigenvalue weighted by atomic mass is 19.1. The first-order valence-electron chi connectivity index (χ1n) is 12.1. The van der Waals surface area contributed by atoms with Gasteiger partial charge in [0.2, 0.25) is 0 Å². The van der Waals surface area contributed by atoms with Crippen molar-refractivity contribution in [2.75, 3.05) is 5.32 Å². The number of rotatable bonds is 8. The maximum absolute atomic E-state index is 14.7. The number of anilines is 1. The maximum Gasteiger partial charge on any atom is 0.326 e. The topological polar surface area (TPSA) is 95.7 Å². The molecule has 1 amide bonds. The van der Waals surface area contributed by atoms with Crippen molar-refractivity contribution in [1.82, 2.24) is 14.7 Å². The average Bonchev–Trinajstić information content (AvgIpc) is 3.21. The van der Waals surface area contributed by atoms with E-state index in [9.17, 15) is 23.5 Å². The highest BCUT2D eigenvalue weighted by molar-refractivity contribution is 5.97. The molecule has 35 heavy (non-hydrogen) atoms. The summed E-state index contributed by atoms with van der Waals surface area (Å²) < 4.78 is 30.4. The molecule has 0 saturated heterocycles. The Kier molecular flexibility index (Phi) is 7.33. The molecule has 186 valence electrons. The third kappa shape index (κ3) is 5.28. The van der Waals surface area contributed by atoms with Gasteiger partial charge in [-0.3, -0.25) is 9.20 Å². The number of aliphatic carboxylic acids is 1. The lowest BCUT2D eigenvalue weighted by molar-refractivity contribution is -0.140. The maximum atomic E-state index is 14.7. The van der Waals surface area contributed by atoms with Crippen LogP contribution in [0.1, 0.15) is 62.7 Å². The van der Waals surface area contributed by atoms with Gasteiger partial charge in [0.25, 0.3) is 5.91 Å². The van der Waals surface area contributed by atoms with Gasteiger partial charge in [-0.15, -0.1) is 0 Å². The smallest absolute Gasteiger partial charge is 0.326 e. The van der Waals surface area contributed by atoms with Crippen LogP contribution in [0.3, 0.4) is 0 Å². The number of carboxylic acid groups (broad SMARTS) is 1. The summed E-state index contributed by atoms with van der Waals surface area (Å²) in [7, 11) is 0. The quantitative estimate of drug-likeness (QED) is 0.406. The largest absolute Gasteiger partial charge is 0.480 e. The van der Waals surface area contributed by atoms with Crippen LogP contribution in [-0.2, 0) is 4.79 Å². The van der Waals surface area contributed by atoms with E-state index in [2.05, 4.69) is 15.6 Å². The van der Waals surface area contributed by atoms with Crippen molar-refractivity contribution in [3.8, 4) is 11.3 Å². The number of hydrogen-bond donors (Lipinski definition) is 3. The summed E-state index contributed by atoms with van der Waals surface area (Å²) in [5.74, 6) is -2.53. The van der Waals surface area contributed by atoms with Crippen LogP contribution in [0.2, 0.25) is 0 Å². The molecule has 7 nitrogen and oxygen atoms in total. The van der Waals surface area contributed by atoms with E-state index in [-0.39, 0.29) is 28.8 Å². The van der Waals surface area contributed by atoms with Gasteiger partial charge in [-0.1, -0.05) is 39.5 Å². The Bertz CT molecular complexity index is 1240. The fourth-order valence-electron chi connectivity index (χ4n) is 4.54. The SMILES string of the molecule is CCC(C)C(NC(=O)c1ccn2c(NC3CCCCC3)c(-c3cc(F)ccc3F)nc2c1)C(=O)O. The van der Waals surface area contributed by atoms with Crippen molar-refractivity contribution in [1.29, 1.82) is 0 Å². The number of carbonyl (C=O) groups excluding carboxylic acids is 1. The summed E-state index contributed by atoms with van der Waals surface area (Å²) >= 11 is 0. The summed E-state index contributed by atoms with van der Waals surface area (Å²) in [5, 5.41) is 15.6. The first-order chi connectivity index (χ1) is 16.8. The Morgan fingerprint density at radius 1 is 1.17 bits per heavy atom. The molecule has 2 atom stereocenters. The van der Waals surface area contributed by atoms with E-state index in [1.165, 1.54) is 12.5 Å². The number of carboxylic acids is 1. The first kappa shape index (κ1) is 24.6. The summed E-state index contributed by atoms with van der Waals surface area (Å²) in [6.45, 7) is 3.62. The van der Waals surface area contributed by atoms with Crippen molar-refractivity contribution >= 4 is 23.3 Å². The van der Waals surface area contributed by atoms with E-state index in [0.717, 1.165) is 43.9 Å².